The number of hydrogen-bond donors (Lipinski definition) is 2. The molecule has 0 radical (unpaired) electrons. The maximum absolute atomic E-state index is 12.4. The van der Waals surface area contributed by atoms with Crippen LogP contribution in [0.4, 0.5) is 0 Å². The maximum atomic E-state index is 12.4. The highest BCUT2D eigenvalue weighted by molar-refractivity contribution is 5.92. The van der Waals surface area contributed by atoms with Gasteiger partial charge in [-0.25, -0.2) is 4.79 Å². The molecule has 1 saturated carbocycles. The lowest BCUT2D eigenvalue weighted by molar-refractivity contribution is -0.149. The Bertz CT molecular complexity index is 512. The first-order valence-corrected chi connectivity index (χ1v) is 7.88. The molecule has 1 aromatic rings. The lowest BCUT2D eigenvalue weighted by Crippen LogP contribution is -2.51. The summed E-state index contributed by atoms with van der Waals surface area (Å²) in [7, 11) is 0. The van der Waals surface area contributed by atoms with Gasteiger partial charge in [-0.3, -0.25) is 4.79 Å². The average Bonchev–Trinajstić information content (AvgIpc) is 3.30. The zero-order chi connectivity index (χ0) is 16.0. The Balaban J connectivity index is 1.88. The van der Waals surface area contributed by atoms with E-state index in [1.54, 1.807) is 6.92 Å². The molecule has 0 heterocycles. The molecule has 0 aliphatic heterocycles. The molecule has 5 heteroatoms. The normalized spacial score (nSPS) is 16.6. The first-order chi connectivity index (χ1) is 10.6. The van der Waals surface area contributed by atoms with E-state index >= 15 is 0 Å². The van der Waals surface area contributed by atoms with Crippen molar-refractivity contribution in [3.05, 3.63) is 35.9 Å². The fraction of sp³-hybridized carbons (Fsp3) is 0.529. The van der Waals surface area contributed by atoms with E-state index in [2.05, 4.69) is 10.6 Å². The Morgan fingerprint density at radius 2 is 1.91 bits per heavy atom. The number of nitrogens with one attached hydrogen (secondary N) is 2. The van der Waals surface area contributed by atoms with Gasteiger partial charge in [-0.15, -0.1) is 0 Å². The lowest BCUT2D eigenvalue weighted by Gasteiger charge is -2.21. The van der Waals surface area contributed by atoms with Crippen LogP contribution in [0, 0.1) is 0 Å². The number of hydrogen-bond acceptors (Lipinski definition) is 4. The summed E-state index contributed by atoms with van der Waals surface area (Å²) in [6.45, 7) is 4.68. The van der Waals surface area contributed by atoms with Gasteiger partial charge in [-0.1, -0.05) is 37.3 Å². The Kier molecular flexibility index (Phi) is 5.55. The minimum Gasteiger partial charge on any atom is -0.464 e. The van der Waals surface area contributed by atoms with Gasteiger partial charge in [0, 0.05) is 6.54 Å². The number of benzene rings is 1. The summed E-state index contributed by atoms with van der Waals surface area (Å²) in [5.74, 6) is -0.453. The van der Waals surface area contributed by atoms with E-state index in [9.17, 15) is 9.59 Å². The molecule has 0 bridgehead atoms. The quantitative estimate of drug-likeness (QED) is 0.718. The van der Waals surface area contributed by atoms with Gasteiger partial charge in [-0.2, -0.15) is 0 Å². The molecule has 0 unspecified atom stereocenters. The van der Waals surface area contributed by atoms with Gasteiger partial charge in [0.25, 0.3) is 0 Å². The number of ether oxygens (including phenoxy) is 1. The van der Waals surface area contributed by atoms with Gasteiger partial charge in [0.05, 0.1) is 12.6 Å². The molecular weight excluding hydrogens is 280 g/mol. The molecule has 1 fully saturated rings. The van der Waals surface area contributed by atoms with E-state index in [1.807, 2.05) is 37.3 Å². The monoisotopic (exact) mass is 304 g/mol. The van der Waals surface area contributed by atoms with Crippen molar-refractivity contribution in [3.63, 3.8) is 0 Å². The zero-order valence-electron chi connectivity index (χ0n) is 13.2. The van der Waals surface area contributed by atoms with Crippen molar-refractivity contribution in [1.29, 1.82) is 0 Å². The molecular formula is C17H24N2O3. The van der Waals surface area contributed by atoms with E-state index in [1.165, 1.54) is 0 Å². The number of amides is 1. The summed E-state index contributed by atoms with van der Waals surface area (Å²) in [4.78, 5) is 24.3. The van der Waals surface area contributed by atoms with Crippen LogP contribution in [0.15, 0.2) is 30.3 Å². The van der Waals surface area contributed by atoms with E-state index in [0.29, 0.717) is 32.4 Å². The number of esters is 1. The second-order valence-electron chi connectivity index (χ2n) is 5.62. The fourth-order valence-corrected chi connectivity index (χ4v) is 2.36. The Hall–Kier alpha value is -1.88. The molecule has 1 amide bonds. The Morgan fingerprint density at radius 1 is 1.23 bits per heavy atom. The molecule has 0 aromatic heterocycles. The summed E-state index contributed by atoms with van der Waals surface area (Å²) in [5.41, 5.74) is 0.342. The van der Waals surface area contributed by atoms with E-state index in [4.69, 9.17) is 4.74 Å². The van der Waals surface area contributed by atoms with Crippen molar-refractivity contribution in [2.24, 2.45) is 0 Å². The highest BCUT2D eigenvalue weighted by atomic mass is 16.5. The molecule has 2 N–H and O–H groups in total. The Labute approximate surface area is 131 Å². The van der Waals surface area contributed by atoms with Crippen LogP contribution in [0.5, 0.6) is 0 Å². The number of rotatable bonds is 8. The predicted octanol–water partition coefficient (Wildman–Crippen LogP) is 1.77. The van der Waals surface area contributed by atoms with Crippen molar-refractivity contribution in [1.82, 2.24) is 10.6 Å². The Morgan fingerprint density at radius 3 is 2.45 bits per heavy atom. The first-order valence-electron chi connectivity index (χ1n) is 7.88. The summed E-state index contributed by atoms with van der Waals surface area (Å²) in [5, 5.41) is 6.11. The van der Waals surface area contributed by atoms with Gasteiger partial charge in [0.2, 0.25) is 5.91 Å². The second kappa shape index (κ2) is 7.40. The van der Waals surface area contributed by atoms with Crippen LogP contribution >= 0.6 is 0 Å². The number of carbonyl (C=O) groups is 2. The molecule has 0 saturated heterocycles. The molecule has 2 rings (SSSR count). The van der Waals surface area contributed by atoms with Crippen LogP contribution in [0.2, 0.25) is 0 Å². The third kappa shape index (κ3) is 4.07. The summed E-state index contributed by atoms with van der Waals surface area (Å²) < 4.78 is 5.04. The second-order valence-corrected chi connectivity index (χ2v) is 5.62. The first kappa shape index (κ1) is 16.5. The highest BCUT2D eigenvalue weighted by Gasteiger charge is 2.53. The SMILES string of the molecule is CCOC(=O)C1(NC(=O)[C@@H](CC)NCc2ccccc2)CC1. The lowest BCUT2D eigenvalue weighted by atomic mass is 10.1. The van der Waals surface area contributed by atoms with Crippen LogP contribution in [0.1, 0.15) is 38.7 Å². The molecule has 0 spiro atoms. The van der Waals surface area contributed by atoms with Gasteiger partial charge in [0.15, 0.2) is 0 Å². The summed E-state index contributed by atoms with van der Waals surface area (Å²) in [6, 6.07) is 9.61. The largest absolute Gasteiger partial charge is 0.464 e. The standard InChI is InChI=1S/C17H24N2O3/c1-3-14(18-12-13-8-6-5-7-9-13)15(20)19-17(10-11-17)16(21)22-4-2/h5-9,14,18H,3-4,10-12H2,1-2H3,(H,19,20)/t14-/m1/s1. The van der Waals surface area contributed by atoms with Crippen molar-refractivity contribution < 1.29 is 14.3 Å². The van der Waals surface area contributed by atoms with Crippen molar-refractivity contribution in [3.8, 4) is 0 Å². The average molecular weight is 304 g/mol. The molecule has 1 atom stereocenters. The number of carbonyl (C=O) groups excluding carboxylic acids is 2. The molecule has 1 aromatic carbocycles. The van der Waals surface area contributed by atoms with E-state index < -0.39 is 5.54 Å². The van der Waals surface area contributed by atoms with Crippen LogP contribution < -0.4 is 10.6 Å². The van der Waals surface area contributed by atoms with E-state index in [-0.39, 0.29) is 17.9 Å². The van der Waals surface area contributed by atoms with Crippen LogP contribution in [-0.2, 0) is 20.9 Å². The smallest absolute Gasteiger partial charge is 0.331 e. The fourth-order valence-electron chi connectivity index (χ4n) is 2.36. The topological polar surface area (TPSA) is 67.4 Å². The zero-order valence-corrected chi connectivity index (χ0v) is 13.2. The molecule has 120 valence electrons. The van der Waals surface area contributed by atoms with Crippen molar-refractivity contribution in [2.45, 2.75) is 51.2 Å². The highest BCUT2D eigenvalue weighted by Crippen LogP contribution is 2.36. The molecule has 5 nitrogen and oxygen atoms in total. The maximum Gasteiger partial charge on any atom is 0.331 e. The van der Waals surface area contributed by atoms with E-state index in [0.717, 1.165) is 5.56 Å². The summed E-state index contributed by atoms with van der Waals surface area (Å²) >= 11 is 0. The van der Waals surface area contributed by atoms with Crippen LogP contribution in [0.25, 0.3) is 0 Å². The van der Waals surface area contributed by atoms with Crippen LogP contribution in [-0.4, -0.2) is 30.1 Å². The molecule has 1 aliphatic carbocycles. The third-order valence-corrected chi connectivity index (χ3v) is 3.90. The third-order valence-electron chi connectivity index (χ3n) is 3.90. The van der Waals surface area contributed by atoms with Crippen molar-refractivity contribution >= 4 is 11.9 Å². The minimum absolute atomic E-state index is 0.135. The minimum atomic E-state index is -0.783. The summed E-state index contributed by atoms with van der Waals surface area (Å²) in [6.07, 6.45) is 1.98. The van der Waals surface area contributed by atoms with Crippen LogP contribution in [0.3, 0.4) is 0 Å². The molecule has 22 heavy (non-hydrogen) atoms. The van der Waals surface area contributed by atoms with Crippen molar-refractivity contribution in [2.75, 3.05) is 6.61 Å². The van der Waals surface area contributed by atoms with Gasteiger partial charge in [0.1, 0.15) is 5.54 Å². The van der Waals surface area contributed by atoms with Gasteiger partial charge in [-0.05, 0) is 31.7 Å². The van der Waals surface area contributed by atoms with Gasteiger partial charge >= 0.3 is 5.97 Å². The predicted molar refractivity (Wildman–Crippen MR) is 84.1 cm³/mol. The van der Waals surface area contributed by atoms with Gasteiger partial charge < -0.3 is 15.4 Å². The molecule has 1 aliphatic rings.